The first kappa shape index (κ1) is 16.2. The predicted molar refractivity (Wildman–Crippen MR) is 84.2 cm³/mol. The van der Waals surface area contributed by atoms with Gasteiger partial charge in [0.05, 0.1) is 6.61 Å². The number of hydrogen-bond donors (Lipinski definition) is 1. The number of hydrogen-bond acceptors (Lipinski definition) is 4. The third-order valence-electron chi connectivity index (χ3n) is 4.80. The molecule has 4 heteroatoms. The molecule has 0 spiro atoms. The molecule has 2 fully saturated rings. The second kappa shape index (κ2) is 7.21. The topological polar surface area (TPSA) is 27.7 Å². The molecule has 0 bridgehead atoms. The van der Waals surface area contributed by atoms with Gasteiger partial charge in [-0.2, -0.15) is 0 Å². The highest BCUT2D eigenvalue weighted by Gasteiger charge is 2.36. The molecular formula is C16H33N3O. The van der Waals surface area contributed by atoms with Crippen molar-refractivity contribution in [2.45, 2.75) is 45.7 Å². The summed E-state index contributed by atoms with van der Waals surface area (Å²) in [5, 5.41) is 3.65. The summed E-state index contributed by atoms with van der Waals surface area (Å²) in [4.78, 5) is 5.12. The van der Waals surface area contributed by atoms with Gasteiger partial charge in [-0.1, -0.05) is 13.8 Å². The van der Waals surface area contributed by atoms with Crippen LogP contribution >= 0.6 is 0 Å². The van der Waals surface area contributed by atoms with Crippen LogP contribution in [0.2, 0.25) is 0 Å². The van der Waals surface area contributed by atoms with Crippen molar-refractivity contribution in [3.8, 4) is 0 Å². The van der Waals surface area contributed by atoms with E-state index in [0.717, 1.165) is 19.8 Å². The number of rotatable bonds is 5. The Kier molecular flexibility index (Phi) is 5.84. The molecule has 2 heterocycles. The zero-order valence-electron chi connectivity index (χ0n) is 13.8. The number of nitrogens with one attached hydrogen (secondary N) is 1. The quantitative estimate of drug-likeness (QED) is 0.826. The summed E-state index contributed by atoms with van der Waals surface area (Å²) in [6.07, 6.45) is 2.51. The summed E-state index contributed by atoms with van der Waals surface area (Å²) in [6.45, 7) is 14.5. The maximum absolute atomic E-state index is 5.84. The minimum Gasteiger partial charge on any atom is -0.381 e. The van der Waals surface area contributed by atoms with Crippen molar-refractivity contribution in [1.29, 1.82) is 0 Å². The van der Waals surface area contributed by atoms with Crippen LogP contribution in [0.25, 0.3) is 0 Å². The average molecular weight is 283 g/mol. The Bertz CT molecular complexity index is 289. The molecule has 2 aliphatic heterocycles. The fourth-order valence-electron chi connectivity index (χ4n) is 3.49. The highest BCUT2D eigenvalue weighted by molar-refractivity contribution is 4.90. The largest absolute Gasteiger partial charge is 0.381 e. The van der Waals surface area contributed by atoms with Crippen molar-refractivity contribution in [2.75, 3.05) is 53.0 Å². The molecule has 2 saturated heterocycles. The number of piperazine rings is 1. The Hall–Kier alpha value is -0.160. The van der Waals surface area contributed by atoms with E-state index < -0.39 is 0 Å². The fourth-order valence-corrected chi connectivity index (χ4v) is 3.49. The van der Waals surface area contributed by atoms with Gasteiger partial charge in [-0.05, 0) is 26.8 Å². The smallest absolute Gasteiger partial charge is 0.0546 e. The van der Waals surface area contributed by atoms with Crippen molar-refractivity contribution in [2.24, 2.45) is 5.41 Å². The van der Waals surface area contributed by atoms with Gasteiger partial charge in [0.2, 0.25) is 0 Å². The van der Waals surface area contributed by atoms with Gasteiger partial charge < -0.3 is 15.0 Å². The molecule has 0 radical (unpaired) electrons. The molecule has 2 unspecified atom stereocenters. The SMILES string of the molecule is CC(C)NCC1(CN2CCN(C)CC2C)CCCOC1. The van der Waals surface area contributed by atoms with E-state index >= 15 is 0 Å². The first-order chi connectivity index (χ1) is 9.51. The molecule has 0 aromatic carbocycles. The normalized spacial score (nSPS) is 33.8. The lowest BCUT2D eigenvalue weighted by Gasteiger charge is -2.46. The van der Waals surface area contributed by atoms with Gasteiger partial charge in [-0.25, -0.2) is 0 Å². The van der Waals surface area contributed by atoms with Gasteiger partial charge in [0.15, 0.2) is 0 Å². The zero-order valence-corrected chi connectivity index (χ0v) is 13.8. The Labute approximate surface area is 124 Å². The maximum Gasteiger partial charge on any atom is 0.0546 e. The van der Waals surface area contributed by atoms with E-state index in [0.29, 0.717) is 17.5 Å². The minimum atomic E-state index is 0.312. The molecule has 2 aliphatic rings. The Morgan fingerprint density at radius 3 is 2.75 bits per heavy atom. The van der Waals surface area contributed by atoms with Gasteiger partial charge in [0, 0.05) is 56.8 Å². The van der Waals surface area contributed by atoms with Gasteiger partial charge >= 0.3 is 0 Å². The van der Waals surface area contributed by atoms with E-state index in [9.17, 15) is 0 Å². The summed E-state index contributed by atoms with van der Waals surface area (Å²) >= 11 is 0. The van der Waals surface area contributed by atoms with Crippen LogP contribution in [0.5, 0.6) is 0 Å². The molecular weight excluding hydrogens is 250 g/mol. The first-order valence-electron chi connectivity index (χ1n) is 8.24. The van der Waals surface area contributed by atoms with Crippen LogP contribution in [-0.2, 0) is 4.74 Å². The molecule has 1 N–H and O–H groups in total. The van der Waals surface area contributed by atoms with Crippen LogP contribution in [0.1, 0.15) is 33.6 Å². The molecule has 20 heavy (non-hydrogen) atoms. The van der Waals surface area contributed by atoms with Gasteiger partial charge in [0.25, 0.3) is 0 Å². The molecule has 0 aromatic heterocycles. The van der Waals surface area contributed by atoms with Gasteiger partial charge in [-0.15, -0.1) is 0 Å². The highest BCUT2D eigenvalue weighted by Crippen LogP contribution is 2.30. The Balaban J connectivity index is 1.96. The summed E-state index contributed by atoms with van der Waals surface area (Å²) in [6, 6.07) is 1.21. The third kappa shape index (κ3) is 4.42. The predicted octanol–water partition coefficient (Wildman–Crippen LogP) is 1.42. The lowest BCUT2D eigenvalue weighted by atomic mass is 9.81. The van der Waals surface area contributed by atoms with Crippen molar-refractivity contribution in [1.82, 2.24) is 15.1 Å². The van der Waals surface area contributed by atoms with Crippen molar-refractivity contribution in [3.05, 3.63) is 0 Å². The van der Waals surface area contributed by atoms with E-state index in [1.165, 1.54) is 39.0 Å². The van der Waals surface area contributed by atoms with Crippen LogP contribution in [0.15, 0.2) is 0 Å². The van der Waals surface area contributed by atoms with Crippen LogP contribution in [0, 0.1) is 5.41 Å². The third-order valence-corrected chi connectivity index (χ3v) is 4.80. The maximum atomic E-state index is 5.84. The molecule has 0 aromatic rings. The molecule has 4 nitrogen and oxygen atoms in total. The molecule has 0 saturated carbocycles. The molecule has 0 amide bonds. The van der Waals surface area contributed by atoms with E-state index in [2.05, 4.69) is 42.9 Å². The first-order valence-corrected chi connectivity index (χ1v) is 8.24. The lowest BCUT2D eigenvalue weighted by molar-refractivity contribution is -0.0417. The van der Waals surface area contributed by atoms with Crippen LogP contribution in [0.4, 0.5) is 0 Å². The molecule has 118 valence electrons. The second-order valence-electron chi connectivity index (χ2n) is 7.27. The summed E-state index contributed by atoms with van der Waals surface area (Å²) in [7, 11) is 2.23. The highest BCUT2D eigenvalue weighted by atomic mass is 16.5. The zero-order chi connectivity index (χ0) is 14.6. The van der Waals surface area contributed by atoms with Crippen LogP contribution in [0.3, 0.4) is 0 Å². The summed E-state index contributed by atoms with van der Waals surface area (Å²) in [5.74, 6) is 0. The second-order valence-corrected chi connectivity index (χ2v) is 7.27. The Morgan fingerprint density at radius 2 is 2.15 bits per heavy atom. The van der Waals surface area contributed by atoms with Crippen LogP contribution < -0.4 is 5.32 Å². The lowest BCUT2D eigenvalue weighted by Crippen LogP contribution is -2.57. The molecule has 0 aliphatic carbocycles. The van der Waals surface area contributed by atoms with E-state index in [1.807, 2.05) is 0 Å². The van der Waals surface area contributed by atoms with Crippen LogP contribution in [-0.4, -0.2) is 74.9 Å². The van der Waals surface area contributed by atoms with E-state index in [1.54, 1.807) is 0 Å². The fraction of sp³-hybridized carbons (Fsp3) is 1.00. The van der Waals surface area contributed by atoms with Gasteiger partial charge in [0.1, 0.15) is 0 Å². The molecule has 2 atom stereocenters. The minimum absolute atomic E-state index is 0.312. The van der Waals surface area contributed by atoms with Crippen molar-refractivity contribution >= 4 is 0 Å². The number of likely N-dealkylation sites (N-methyl/N-ethyl adjacent to an activating group) is 1. The Morgan fingerprint density at radius 1 is 1.35 bits per heavy atom. The summed E-state index contributed by atoms with van der Waals surface area (Å²) < 4.78 is 5.84. The van der Waals surface area contributed by atoms with Gasteiger partial charge in [-0.3, -0.25) is 4.90 Å². The summed E-state index contributed by atoms with van der Waals surface area (Å²) in [5.41, 5.74) is 0.312. The van der Waals surface area contributed by atoms with E-state index in [4.69, 9.17) is 4.74 Å². The van der Waals surface area contributed by atoms with Crippen molar-refractivity contribution < 1.29 is 4.74 Å². The van der Waals surface area contributed by atoms with E-state index in [-0.39, 0.29) is 0 Å². The monoisotopic (exact) mass is 283 g/mol. The standard InChI is InChI=1S/C16H33N3O/c1-14(2)17-11-16(6-5-9-20-13-16)12-19-8-7-18(4)10-15(19)3/h14-15,17H,5-13H2,1-4H3. The molecule has 2 rings (SSSR count). The van der Waals surface area contributed by atoms with Crippen molar-refractivity contribution in [3.63, 3.8) is 0 Å². The average Bonchev–Trinajstić information content (AvgIpc) is 2.41. The number of nitrogens with zero attached hydrogens (tertiary/aromatic N) is 2. The number of ether oxygens (including phenoxy) is 1.